The highest BCUT2D eigenvalue weighted by Gasteiger charge is 2.21. The summed E-state index contributed by atoms with van der Waals surface area (Å²) in [6, 6.07) is 9.90. The van der Waals surface area contributed by atoms with E-state index in [-0.39, 0.29) is 11.7 Å². The van der Waals surface area contributed by atoms with Gasteiger partial charge in [0.2, 0.25) is 0 Å². The van der Waals surface area contributed by atoms with Crippen LogP contribution < -0.4 is 14.8 Å². The fraction of sp³-hybridized carbons (Fsp3) is 0.263. The third-order valence-electron chi connectivity index (χ3n) is 3.79. The van der Waals surface area contributed by atoms with Crippen molar-refractivity contribution >= 4 is 29.0 Å². The second-order valence-corrected chi connectivity index (χ2v) is 6.12. The molecular weight excluding hydrogens is 342 g/mol. The molecule has 0 unspecified atom stereocenters. The average Bonchev–Trinajstić information content (AvgIpc) is 2.61. The molecule has 25 heavy (non-hydrogen) atoms. The predicted molar refractivity (Wildman–Crippen MR) is 96.1 cm³/mol. The fourth-order valence-corrected chi connectivity index (χ4v) is 2.80. The van der Waals surface area contributed by atoms with Crippen molar-refractivity contribution in [2.24, 2.45) is 0 Å². The highest BCUT2D eigenvalue weighted by molar-refractivity contribution is 6.31. The lowest BCUT2D eigenvalue weighted by Crippen LogP contribution is -2.19. The van der Waals surface area contributed by atoms with E-state index < -0.39 is 0 Å². The maximum Gasteiger partial charge on any atom is 0.255 e. The van der Waals surface area contributed by atoms with Gasteiger partial charge in [0, 0.05) is 28.6 Å². The largest absolute Gasteiger partial charge is 0.486 e. The Morgan fingerprint density at radius 2 is 1.84 bits per heavy atom. The summed E-state index contributed by atoms with van der Waals surface area (Å²) in [5.74, 6) is 0.637. The molecule has 0 saturated carbocycles. The molecule has 1 N–H and O–H groups in total. The standard InChI is InChI=1S/C19H18ClNO4/c1-2-4-16(22)14-10-17-18(25-8-7-24-17)11-15(14)21-19(23)12-5-3-6-13(20)9-12/h3,5-6,9-11H,2,4,7-8H2,1H3,(H,21,23). The van der Waals surface area contributed by atoms with Gasteiger partial charge in [-0.2, -0.15) is 0 Å². The Morgan fingerprint density at radius 1 is 1.12 bits per heavy atom. The van der Waals surface area contributed by atoms with E-state index in [4.69, 9.17) is 21.1 Å². The van der Waals surface area contributed by atoms with Gasteiger partial charge in [-0.15, -0.1) is 0 Å². The molecule has 0 saturated heterocycles. The second kappa shape index (κ2) is 7.57. The number of Topliss-reactive ketones (excluding diaryl/α,β-unsaturated/α-hetero) is 1. The van der Waals surface area contributed by atoms with E-state index in [0.29, 0.717) is 53.0 Å². The van der Waals surface area contributed by atoms with Gasteiger partial charge < -0.3 is 14.8 Å². The Morgan fingerprint density at radius 3 is 2.52 bits per heavy atom. The number of rotatable bonds is 5. The first kappa shape index (κ1) is 17.3. The zero-order valence-corrected chi connectivity index (χ0v) is 14.6. The van der Waals surface area contributed by atoms with E-state index in [9.17, 15) is 9.59 Å². The van der Waals surface area contributed by atoms with Gasteiger partial charge in [0.25, 0.3) is 5.91 Å². The topological polar surface area (TPSA) is 64.6 Å². The van der Waals surface area contributed by atoms with Crippen LogP contribution in [0.4, 0.5) is 5.69 Å². The molecule has 0 fully saturated rings. The van der Waals surface area contributed by atoms with Crippen LogP contribution in [0, 0.1) is 0 Å². The van der Waals surface area contributed by atoms with E-state index in [1.165, 1.54) is 0 Å². The monoisotopic (exact) mass is 359 g/mol. The number of anilines is 1. The van der Waals surface area contributed by atoms with Crippen LogP contribution in [0.15, 0.2) is 36.4 Å². The van der Waals surface area contributed by atoms with Crippen molar-refractivity contribution in [3.8, 4) is 11.5 Å². The van der Waals surface area contributed by atoms with Crippen LogP contribution in [0.2, 0.25) is 5.02 Å². The Hall–Kier alpha value is -2.53. The lowest BCUT2D eigenvalue weighted by Gasteiger charge is -2.21. The van der Waals surface area contributed by atoms with Crippen LogP contribution in [0.3, 0.4) is 0 Å². The van der Waals surface area contributed by atoms with E-state index in [1.54, 1.807) is 36.4 Å². The molecule has 1 heterocycles. The minimum absolute atomic E-state index is 0.0548. The molecular formula is C19H18ClNO4. The molecule has 3 rings (SSSR count). The van der Waals surface area contributed by atoms with E-state index in [2.05, 4.69) is 5.32 Å². The Bertz CT molecular complexity index is 819. The highest BCUT2D eigenvalue weighted by atomic mass is 35.5. The normalized spacial score (nSPS) is 12.6. The fourth-order valence-electron chi connectivity index (χ4n) is 2.61. The zero-order valence-electron chi connectivity index (χ0n) is 13.8. The number of hydrogen-bond acceptors (Lipinski definition) is 4. The summed E-state index contributed by atoms with van der Waals surface area (Å²) >= 11 is 5.94. The maximum absolute atomic E-state index is 12.5. The smallest absolute Gasteiger partial charge is 0.255 e. The van der Waals surface area contributed by atoms with Crippen LogP contribution in [-0.2, 0) is 0 Å². The Balaban J connectivity index is 1.95. The molecule has 5 nitrogen and oxygen atoms in total. The number of benzene rings is 2. The third kappa shape index (κ3) is 3.94. The van der Waals surface area contributed by atoms with Crippen molar-refractivity contribution < 1.29 is 19.1 Å². The van der Waals surface area contributed by atoms with Gasteiger partial charge in [-0.3, -0.25) is 9.59 Å². The maximum atomic E-state index is 12.5. The Kier molecular flexibility index (Phi) is 5.24. The molecule has 1 aliphatic rings. The molecule has 0 aromatic heterocycles. The number of halogens is 1. The van der Waals surface area contributed by atoms with Crippen molar-refractivity contribution in [2.45, 2.75) is 19.8 Å². The van der Waals surface area contributed by atoms with Gasteiger partial charge in [0.05, 0.1) is 5.69 Å². The first-order valence-corrected chi connectivity index (χ1v) is 8.50. The zero-order chi connectivity index (χ0) is 17.8. The summed E-state index contributed by atoms with van der Waals surface area (Å²) in [5, 5.41) is 3.26. The molecule has 1 amide bonds. The van der Waals surface area contributed by atoms with Gasteiger partial charge in [-0.1, -0.05) is 24.6 Å². The van der Waals surface area contributed by atoms with Crippen molar-refractivity contribution in [2.75, 3.05) is 18.5 Å². The number of ketones is 1. The SMILES string of the molecule is CCCC(=O)c1cc2c(cc1NC(=O)c1cccc(Cl)c1)OCCO2. The minimum atomic E-state index is -0.343. The number of amides is 1. The number of carbonyl (C=O) groups is 2. The highest BCUT2D eigenvalue weighted by Crippen LogP contribution is 2.36. The number of carbonyl (C=O) groups excluding carboxylic acids is 2. The first-order chi connectivity index (χ1) is 12.1. The van der Waals surface area contributed by atoms with Crippen molar-refractivity contribution in [1.29, 1.82) is 0 Å². The molecule has 2 aromatic rings. The van der Waals surface area contributed by atoms with Crippen molar-refractivity contribution in [3.63, 3.8) is 0 Å². The summed E-state index contributed by atoms with van der Waals surface area (Å²) in [6.07, 6.45) is 1.11. The van der Waals surface area contributed by atoms with Crippen molar-refractivity contribution in [1.82, 2.24) is 0 Å². The summed E-state index contributed by atoms with van der Waals surface area (Å²) < 4.78 is 11.1. The lowest BCUT2D eigenvalue weighted by molar-refractivity contribution is 0.0981. The van der Waals surface area contributed by atoms with Crippen molar-refractivity contribution in [3.05, 3.63) is 52.5 Å². The van der Waals surface area contributed by atoms with Gasteiger partial charge in [-0.05, 0) is 30.7 Å². The van der Waals surface area contributed by atoms with Crippen LogP contribution in [0.5, 0.6) is 11.5 Å². The number of hydrogen-bond donors (Lipinski definition) is 1. The number of fused-ring (bicyclic) bond motifs is 1. The molecule has 2 aromatic carbocycles. The predicted octanol–water partition coefficient (Wildman–Crippen LogP) is 4.35. The molecule has 1 aliphatic heterocycles. The molecule has 0 radical (unpaired) electrons. The summed E-state index contributed by atoms with van der Waals surface area (Å²) in [5.41, 5.74) is 1.24. The summed E-state index contributed by atoms with van der Waals surface area (Å²) in [6.45, 7) is 2.79. The summed E-state index contributed by atoms with van der Waals surface area (Å²) in [7, 11) is 0. The second-order valence-electron chi connectivity index (χ2n) is 5.68. The molecule has 130 valence electrons. The average molecular weight is 360 g/mol. The minimum Gasteiger partial charge on any atom is -0.486 e. The molecule has 0 aliphatic carbocycles. The first-order valence-electron chi connectivity index (χ1n) is 8.12. The molecule has 0 atom stereocenters. The molecule has 6 heteroatoms. The van der Waals surface area contributed by atoms with Crippen LogP contribution in [0.1, 0.15) is 40.5 Å². The van der Waals surface area contributed by atoms with Crippen LogP contribution in [0.25, 0.3) is 0 Å². The van der Waals surface area contributed by atoms with E-state index >= 15 is 0 Å². The van der Waals surface area contributed by atoms with Gasteiger partial charge in [0.15, 0.2) is 17.3 Å². The van der Waals surface area contributed by atoms with Crippen LogP contribution in [-0.4, -0.2) is 24.9 Å². The third-order valence-corrected chi connectivity index (χ3v) is 4.03. The quantitative estimate of drug-likeness (QED) is 0.806. The molecule has 0 bridgehead atoms. The number of ether oxygens (including phenoxy) is 2. The van der Waals surface area contributed by atoms with Crippen LogP contribution >= 0.6 is 11.6 Å². The lowest BCUT2D eigenvalue weighted by atomic mass is 10.0. The van der Waals surface area contributed by atoms with Gasteiger partial charge in [0.1, 0.15) is 13.2 Å². The molecule has 0 spiro atoms. The van der Waals surface area contributed by atoms with Gasteiger partial charge in [-0.25, -0.2) is 0 Å². The Labute approximate surface area is 150 Å². The van der Waals surface area contributed by atoms with Gasteiger partial charge >= 0.3 is 0 Å². The van der Waals surface area contributed by atoms with E-state index in [0.717, 1.165) is 6.42 Å². The van der Waals surface area contributed by atoms with E-state index in [1.807, 2.05) is 6.92 Å². The number of nitrogens with one attached hydrogen (secondary N) is 1. The summed E-state index contributed by atoms with van der Waals surface area (Å²) in [4.78, 5) is 25.0.